The number of fused-ring (bicyclic) bond motifs is 1. The molecule has 144 valence electrons. The van der Waals surface area contributed by atoms with Crippen LogP contribution in [0.4, 0.5) is 33.3 Å². The van der Waals surface area contributed by atoms with Gasteiger partial charge >= 0.3 is 0 Å². The van der Waals surface area contributed by atoms with Gasteiger partial charge in [0.2, 0.25) is 11.7 Å². The molecule has 0 aromatic heterocycles. The van der Waals surface area contributed by atoms with Crippen LogP contribution in [0.15, 0.2) is 23.1 Å². The largest absolute Gasteiger partial charge is 0.325 e. The van der Waals surface area contributed by atoms with Crippen LogP contribution in [0.1, 0.15) is 19.4 Å². The van der Waals surface area contributed by atoms with Crippen LogP contribution in [-0.2, 0) is 20.2 Å². The van der Waals surface area contributed by atoms with Gasteiger partial charge in [0, 0.05) is 5.69 Å². The molecular weight excluding hydrogens is 395 g/mol. The van der Waals surface area contributed by atoms with Crippen molar-refractivity contribution in [3.8, 4) is 0 Å². The summed E-state index contributed by atoms with van der Waals surface area (Å²) in [6.45, 7) is 3.06. The van der Waals surface area contributed by atoms with E-state index >= 15 is 0 Å². The lowest BCUT2D eigenvalue weighted by Gasteiger charge is -2.16. The highest BCUT2D eigenvalue weighted by Crippen LogP contribution is 2.39. The summed E-state index contributed by atoms with van der Waals surface area (Å²) in [7, 11) is -4.72. The van der Waals surface area contributed by atoms with Gasteiger partial charge in [-0.15, -0.1) is 0 Å². The summed E-state index contributed by atoms with van der Waals surface area (Å²) in [6.07, 6.45) is 0. The Hall–Kier alpha value is -2.69. The maximum atomic E-state index is 13.7. The lowest BCUT2D eigenvalue weighted by atomic mass is 9.86. The number of rotatable bonds is 3. The van der Waals surface area contributed by atoms with Crippen LogP contribution in [-0.4, -0.2) is 14.3 Å². The highest BCUT2D eigenvalue weighted by atomic mass is 32.2. The van der Waals surface area contributed by atoms with Crippen molar-refractivity contribution in [2.75, 3.05) is 10.0 Å². The lowest BCUT2D eigenvalue weighted by molar-refractivity contribution is -0.119. The molecule has 2 aromatic rings. The molecule has 5 nitrogen and oxygen atoms in total. The highest BCUT2D eigenvalue weighted by Gasteiger charge is 2.39. The van der Waals surface area contributed by atoms with Crippen LogP contribution in [0, 0.1) is 29.1 Å². The van der Waals surface area contributed by atoms with Gasteiger partial charge in [-0.25, -0.2) is 30.4 Å². The average molecular weight is 406 g/mol. The third kappa shape index (κ3) is 2.82. The van der Waals surface area contributed by atoms with Crippen LogP contribution < -0.4 is 10.0 Å². The molecular formula is C16H11F5N2O3S. The smallest absolute Gasteiger partial charge is 0.262 e. The molecule has 1 aliphatic heterocycles. The molecule has 1 aliphatic rings. The summed E-state index contributed by atoms with van der Waals surface area (Å²) in [5.74, 6) is -12.0. The standard InChI is InChI=1S/C16H11F5N2O3S/c1-16(2)7-5-6(3-4-8(7)22-15(16)24)27(25,26)23-14-12(20)10(18)9(17)11(19)13(14)21/h3-5,23H,1-2H3,(H,22,24). The van der Waals surface area contributed by atoms with Gasteiger partial charge in [-0.05, 0) is 37.6 Å². The molecule has 0 bridgehead atoms. The Bertz CT molecular complexity index is 1070. The molecule has 11 heteroatoms. The first-order valence-electron chi connectivity index (χ1n) is 7.38. The molecule has 0 spiro atoms. The molecule has 0 aliphatic carbocycles. The van der Waals surface area contributed by atoms with Crippen LogP contribution in [0.5, 0.6) is 0 Å². The molecule has 2 aromatic carbocycles. The predicted molar refractivity (Wildman–Crippen MR) is 85.1 cm³/mol. The molecule has 0 saturated heterocycles. The monoisotopic (exact) mass is 406 g/mol. The summed E-state index contributed by atoms with van der Waals surface area (Å²) in [4.78, 5) is 11.4. The maximum absolute atomic E-state index is 13.7. The Balaban J connectivity index is 2.09. The van der Waals surface area contributed by atoms with E-state index in [9.17, 15) is 35.2 Å². The first-order valence-corrected chi connectivity index (χ1v) is 8.86. The van der Waals surface area contributed by atoms with Crippen LogP contribution in [0.2, 0.25) is 0 Å². The van der Waals surface area contributed by atoms with E-state index < -0.39 is 55.1 Å². The van der Waals surface area contributed by atoms with Crippen molar-refractivity contribution in [3.63, 3.8) is 0 Å². The Morgan fingerprint density at radius 2 is 1.44 bits per heavy atom. The molecule has 2 N–H and O–H groups in total. The number of sulfonamides is 1. The van der Waals surface area contributed by atoms with E-state index in [1.54, 1.807) is 0 Å². The van der Waals surface area contributed by atoms with Gasteiger partial charge in [-0.3, -0.25) is 9.52 Å². The van der Waals surface area contributed by atoms with Gasteiger partial charge in [-0.2, -0.15) is 0 Å². The van der Waals surface area contributed by atoms with Crippen LogP contribution >= 0.6 is 0 Å². The van der Waals surface area contributed by atoms with E-state index in [4.69, 9.17) is 0 Å². The third-order valence-electron chi connectivity index (χ3n) is 4.24. The van der Waals surface area contributed by atoms with E-state index in [0.29, 0.717) is 11.3 Å². The number of carbonyl (C=O) groups excluding carboxylic acids is 1. The minimum Gasteiger partial charge on any atom is -0.325 e. The van der Waals surface area contributed by atoms with Gasteiger partial charge < -0.3 is 5.32 Å². The quantitative estimate of drug-likeness (QED) is 0.466. The van der Waals surface area contributed by atoms with Gasteiger partial charge in [0.05, 0.1) is 10.3 Å². The summed E-state index contributed by atoms with van der Waals surface area (Å²) < 4.78 is 93.3. The van der Waals surface area contributed by atoms with Crippen molar-refractivity contribution in [2.45, 2.75) is 24.2 Å². The second kappa shape index (κ2) is 5.91. The topological polar surface area (TPSA) is 75.3 Å². The van der Waals surface area contributed by atoms with Crippen LogP contribution in [0.3, 0.4) is 0 Å². The molecule has 3 rings (SSSR count). The molecule has 0 radical (unpaired) electrons. The van der Waals surface area contributed by atoms with Gasteiger partial charge in [-0.1, -0.05) is 0 Å². The zero-order valence-corrected chi connectivity index (χ0v) is 14.6. The number of hydrogen-bond acceptors (Lipinski definition) is 3. The summed E-state index contributed by atoms with van der Waals surface area (Å²) in [5, 5.41) is 2.54. The third-order valence-corrected chi connectivity index (χ3v) is 5.58. The first-order chi connectivity index (χ1) is 12.4. The second-order valence-electron chi connectivity index (χ2n) is 6.34. The Labute approximate surface area is 150 Å². The van der Waals surface area contributed by atoms with Crippen molar-refractivity contribution >= 4 is 27.3 Å². The number of benzene rings is 2. The van der Waals surface area contributed by atoms with Crippen molar-refractivity contribution < 1.29 is 35.2 Å². The van der Waals surface area contributed by atoms with Gasteiger partial charge in [0.25, 0.3) is 10.0 Å². The van der Waals surface area contributed by atoms with E-state index in [1.807, 2.05) is 0 Å². The molecule has 0 saturated carbocycles. The van der Waals surface area contributed by atoms with E-state index in [0.717, 1.165) is 12.1 Å². The molecule has 1 heterocycles. The molecule has 0 atom stereocenters. The number of anilines is 2. The minimum atomic E-state index is -4.72. The summed E-state index contributed by atoms with van der Waals surface area (Å²) in [5.41, 5.74) is -2.13. The van der Waals surface area contributed by atoms with Crippen LogP contribution in [0.25, 0.3) is 0 Å². The van der Waals surface area contributed by atoms with Gasteiger partial charge in [0.1, 0.15) is 5.69 Å². The lowest BCUT2D eigenvalue weighted by Crippen LogP contribution is -2.27. The Kier molecular flexibility index (Phi) is 4.18. The SMILES string of the molecule is CC1(C)C(=O)Nc2ccc(S(=O)(=O)Nc3c(F)c(F)c(F)c(F)c3F)cc21. The van der Waals surface area contributed by atoms with E-state index in [1.165, 1.54) is 24.6 Å². The first kappa shape index (κ1) is 19.1. The maximum Gasteiger partial charge on any atom is 0.262 e. The van der Waals surface area contributed by atoms with Crippen molar-refractivity contribution in [1.29, 1.82) is 0 Å². The fourth-order valence-electron chi connectivity index (χ4n) is 2.61. The summed E-state index contributed by atoms with van der Waals surface area (Å²) in [6, 6.07) is 3.37. The molecule has 0 unspecified atom stereocenters. The van der Waals surface area contributed by atoms with Crippen molar-refractivity contribution in [3.05, 3.63) is 52.8 Å². The number of amides is 1. The molecule has 0 fully saturated rings. The number of carbonyl (C=O) groups is 1. The van der Waals surface area contributed by atoms with Gasteiger partial charge in [0.15, 0.2) is 23.3 Å². The zero-order valence-electron chi connectivity index (χ0n) is 13.8. The molecule has 1 amide bonds. The fraction of sp³-hybridized carbons (Fsp3) is 0.188. The normalized spacial score (nSPS) is 15.4. The zero-order chi connectivity index (χ0) is 20.3. The van der Waals surface area contributed by atoms with Crippen molar-refractivity contribution in [2.24, 2.45) is 0 Å². The number of halogens is 5. The number of nitrogens with one attached hydrogen (secondary N) is 2. The van der Waals surface area contributed by atoms with E-state index in [-0.39, 0.29) is 5.91 Å². The molecule has 27 heavy (non-hydrogen) atoms. The van der Waals surface area contributed by atoms with Crippen molar-refractivity contribution in [1.82, 2.24) is 0 Å². The summed E-state index contributed by atoms with van der Waals surface area (Å²) >= 11 is 0. The Morgan fingerprint density at radius 3 is 2.00 bits per heavy atom. The fourth-order valence-corrected chi connectivity index (χ4v) is 3.69. The Morgan fingerprint density at radius 1 is 0.926 bits per heavy atom. The van der Waals surface area contributed by atoms with E-state index in [2.05, 4.69) is 5.32 Å². The minimum absolute atomic E-state index is 0.299. The highest BCUT2D eigenvalue weighted by molar-refractivity contribution is 7.92. The average Bonchev–Trinajstić information content (AvgIpc) is 2.84. The number of hydrogen-bond donors (Lipinski definition) is 2. The predicted octanol–water partition coefficient (Wildman–Crippen LogP) is 3.41. The second-order valence-corrected chi connectivity index (χ2v) is 8.02.